The molecule has 0 aromatic heterocycles. The van der Waals surface area contributed by atoms with Crippen molar-refractivity contribution >= 4 is 30.1 Å². The van der Waals surface area contributed by atoms with Crippen molar-refractivity contribution in [2.45, 2.75) is 51.5 Å². The second-order valence-corrected chi connectivity index (χ2v) is 6.99. The van der Waals surface area contributed by atoms with Crippen molar-refractivity contribution in [2.75, 3.05) is 26.2 Å². The SMILES string of the molecule is CCCN(C(=O)CN1C(=O)C2CCCCC2C1=O)C1CCNC1.Cl. The predicted molar refractivity (Wildman–Crippen MR) is 92.7 cm³/mol. The number of carbonyl (C=O) groups is 3. The van der Waals surface area contributed by atoms with E-state index in [-0.39, 0.29) is 54.6 Å². The van der Waals surface area contributed by atoms with Gasteiger partial charge in [-0.2, -0.15) is 0 Å². The Bertz CT molecular complexity index is 469. The second-order valence-electron chi connectivity index (χ2n) is 6.99. The van der Waals surface area contributed by atoms with E-state index in [9.17, 15) is 14.4 Å². The molecule has 0 aromatic carbocycles. The van der Waals surface area contributed by atoms with Crippen LogP contribution in [0.5, 0.6) is 0 Å². The highest BCUT2D eigenvalue weighted by Gasteiger charge is 2.48. The first-order valence-electron chi connectivity index (χ1n) is 8.99. The number of fused-ring (bicyclic) bond motifs is 1. The van der Waals surface area contributed by atoms with E-state index in [1.807, 2.05) is 11.8 Å². The number of nitrogens with one attached hydrogen (secondary N) is 1. The molecule has 136 valence electrons. The van der Waals surface area contributed by atoms with Crippen molar-refractivity contribution in [3.8, 4) is 0 Å². The zero-order chi connectivity index (χ0) is 16.4. The summed E-state index contributed by atoms with van der Waals surface area (Å²) in [5, 5.41) is 3.28. The molecule has 3 aliphatic rings. The van der Waals surface area contributed by atoms with Gasteiger partial charge in [-0.3, -0.25) is 19.3 Å². The Hall–Kier alpha value is -1.14. The molecule has 3 unspecified atom stereocenters. The molecule has 3 fully saturated rings. The standard InChI is InChI=1S/C17H27N3O3.ClH/c1-2-9-19(12-7-8-18-10-12)15(21)11-20-16(22)13-5-3-4-6-14(13)17(20)23;/h12-14,18H,2-11H2,1H3;1H. The van der Waals surface area contributed by atoms with Crippen molar-refractivity contribution < 1.29 is 14.4 Å². The fourth-order valence-corrected chi connectivity index (χ4v) is 4.27. The molecular weight excluding hydrogens is 330 g/mol. The summed E-state index contributed by atoms with van der Waals surface area (Å²) in [4.78, 5) is 40.9. The zero-order valence-electron chi connectivity index (χ0n) is 14.3. The minimum Gasteiger partial charge on any atom is -0.337 e. The zero-order valence-corrected chi connectivity index (χ0v) is 15.1. The minimum atomic E-state index is -0.170. The quantitative estimate of drug-likeness (QED) is 0.750. The lowest BCUT2D eigenvalue weighted by Gasteiger charge is -2.29. The van der Waals surface area contributed by atoms with Crippen LogP contribution in [0.1, 0.15) is 45.4 Å². The number of halogens is 1. The van der Waals surface area contributed by atoms with E-state index in [1.54, 1.807) is 0 Å². The van der Waals surface area contributed by atoms with Crippen LogP contribution in [0.2, 0.25) is 0 Å². The molecule has 3 rings (SSSR count). The fraction of sp³-hybridized carbons (Fsp3) is 0.824. The lowest BCUT2D eigenvalue weighted by Crippen LogP contribution is -2.48. The summed E-state index contributed by atoms with van der Waals surface area (Å²) in [6, 6.07) is 0.192. The van der Waals surface area contributed by atoms with Crippen LogP contribution in [0, 0.1) is 11.8 Å². The number of carbonyl (C=O) groups excluding carboxylic acids is 3. The van der Waals surface area contributed by atoms with Gasteiger partial charge in [-0.05, 0) is 32.2 Å². The third-order valence-electron chi connectivity index (χ3n) is 5.49. The summed E-state index contributed by atoms with van der Waals surface area (Å²) in [7, 11) is 0. The van der Waals surface area contributed by atoms with Crippen molar-refractivity contribution in [2.24, 2.45) is 11.8 Å². The van der Waals surface area contributed by atoms with Crippen molar-refractivity contribution in [1.82, 2.24) is 15.1 Å². The highest BCUT2D eigenvalue weighted by molar-refractivity contribution is 6.07. The van der Waals surface area contributed by atoms with Gasteiger partial charge >= 0.3 is 0 Å². The van der Waals surface area contributed by atoms with Gasteiger partial charge in [0.2, 0.25) is 17.7 Å². The summed E-state index contributed by atoms with van der Waals surface area (Å²) in [6.45, 7) is 4.39. The van der Waals surface area contributed by atoms with Crippen molar-refractivity contribution in [3.63, 3.8) is 0 Å². The van der Waals surface area contributed by atoms with Crippen LogP contribution in [0.25, 0.3) is 0 Å². The number of hydrogen-bond acceptors (Lipinski definition) is 4. The molecule has 24 heavy (non-hydrogen) atoms. The fourth-order valence-electron chi connectivity index (χ4n) is 4.27. The van der Waals surface area contributed by atoms with E-state index in [0.717, 1.165) is 51.6 Å². The summed E-state index contributed by atoms with van der Waals surface area (Å²) in [5.41, 5.74) is 0. The van der Waals surface area contributed by atoms with Gasteiger partial charge < -0.3 is 10.2 Å². The Morgan fingerprint density at radius 2 is 1.79 bits per heavy atom. The summed E-state index contributed by atoms with van der Waals surface area (Å²) < 4.78 is 0. The maximum atomic E-state index is 12.7. The molecule has 2 heterocycles. The van der Waals surface area contributed by atoms with Crippen molar-refractivity contribution in [1.29, 1.82) is 0 Å². The third kappa shape index (κ3) is 3.59. The first-order chi connectivity index (χ1) is 11.1. The van der Waals surface area contributed by atoms with Crippen molar-refractivity contribution in [3.05, 3.63) is 0 Å². The molecule has 1 N–H and O–H groups in total. The monoisotopic (exact) mass is 357 g/mol. The van der Waals surface area contributed by atoms with Crippen LogP contribution in [-0.4, -0.2) is 59.7 Å². The first-order valence-corrected chi connectivity index (χ1v) is 8.99. The van der Waals surface area contributed by atoms with Crippen LogP contribution < -0.4 is 5.32 Å². The molecular formula is C17H28ClN3O3. The van der Waals surface area contributed by atoms with Gasteiger partial charge in [0.05, 0.1) is 11.8 Å². The van der Waals surface area contributed by atoms with E-state index < -0.39 is 0 Å². The molecule has 0 spiro atoms. The molecule has 3 atom stereocenters. The Balaban J connectivity index is 0.00000208. The van der Waals surface area contributed by atoms with Gasteiger partial charge in [0.25, 0.3) is 0 Å². The Labute approximate surface area is 149 Å². The van der Waals surface area contributed by atoms with E-state index in [4.69, 9.17) is 0 Å². The number of nitrogens with zero attached hydrogens (tertiary/aromatic N) is 2. The molecule has 7 heteroatoms. The molecule has 0 radical (unpaired) electrons. The summed E-state index contributed by atoms with van der Waals surface area (Å²) in [5.74, 6) is -0.655. The number of amides is 3. The molecule has 0 aromatic rings. The van der Waals surface area contributed by atoms with E-state index in [1.165, 1.54) is 4.90 Å². The topological polar surface area (TPSA) is 69.7 Å². The Kier molecular flexibility index (Phi) is 6.63. The first kappa shape index (κ1) is 19.2. The van der Waals surface area contributed by atoms with Gasteiger partial charge in [-0.1, -0.05) is 19.8 Å². The number of likely N-dealkylation sites (tertiary alicyclic amines) is 1. The van der Waals surface area contributed by atoms with Crippen LogP contribution in [-0.2, 0) is 14.4 Å². The normalized spacial score (nSPS) is 29.4. The molecule has 1 aliphatic carbocycles. The number of imide groups is 1. The average molecular weight is 358 g/mol. The van der Waals surface area contributed by atoms with Crippen LogP contribution in [0.3, 0.4) is 0 Å². The maximum absolute atomic E-state index is 12.7. The third-order valence-corrected chi connectivity index (χ3v) is 5.49. The highest BCUT2D eigenvalue weighted by atomic mass is 35.5. The van der Waals surface area contributed by atoms with Gasteiger partial charge in [-0.25, -0.2) is 0 Å². The second kappa shape index (κ2) is 8.30. The summed E-state index contributed by atoms with van der Waals surface area (Å²) in [6.07, 6.45) is 5.44. The molecule has 2 aliphatic heterocycles. The number of hydrogen-bond donors (Lipinski definition) is 1. The molecule has 6 nitrogen and oxygen atoms in total. The maximum Gasteiger partial charge on any atom is 0.243 e. The Morgan fingerprint density at radius 3 is 2.29 bits per heavy atom. The highest BCUT2D eigenvalue weighted by Crippen LogP contribution is 2.37. The minimum absolute atomic E-state index is 0. The van der Waals surface area contributed by atoms with E-state index >= 15 is 0 Å². The van der Waals surface area contributed by atoms with Gasteiger partial charge in [0.1, 0.15) is 6.54 Å². The van der Waals surface area contributed by atoms with Crippen LogP contribution in [0.4, 0.5) is 0 Å². The smallest absolute Gasteiger partial charge is 0.243 e. The molecule has 2 saturated heterocycles. The average Bonchev–Trinajstić information content (AvgIpc) is 3.16. The molecule has 0 bridgehead atoms. The Morgan fingerprint density at radius 1 is 1.17 bits per heavy atom. The van der Waals surface area contributed by atoms with Gasteiger partial charge in [0, 0.05) is 19.1 Å². The predicted octanol–water partition coefficient (Wildman–Crippen LogP) is 1.18. The van der Waals surface area contributed by atoms with Gasteiger partial charge in [-0.15, -0.1) is 12.4 Å². The molecule has 3 amide bonds. The van der Waals surface area contributed by atoms with Gasteiger partial charge in [0.15, 0.2) is 0 Å². The lowest BCUT2D eigenvalue weighted by molar-refractivity contribution is -0.147. The number of rotatable bonds is 5. The lowest BCUT2D eigenvalue weighted by atomic mass is 9.81. The molecule has 1 saturated carbocycles. The van der Waals surface area contributed by atoms with Crippen LogP contribution in [0.15, 0.2) is 0 Å². The van der Waals surface area contributed by atoms with E-state index in [2.05, 4.69) is 5.32 Å². The summed E-state index contributed by atoms with van der Waals surface area (Å²) >= 11 is 0. The largest absolute Gasteiger partial charge is 0.337 e. The van der Waals surface area contributed by atoms with Crippen LogP contribution >= 0.6 is 12.4 Å². The van der Waals surface area contributed by atoms with E-state index in [0.29, 0.717) is 6.54 Å².